The molecule has 0 saturated carbocycles. The monoisotopic (exact) mass is 724 g/mol. The second-order valence-corrected chi connectivity index (χ2v) is 13.4. The van der Waals surface area contributed by atoms with E-state index in [4.69, 9.17) is 23.3 Å². The maximum Gasteiger partial charge on any atom is 0.514 e. The highest BCUT2D eigenvalue weighted by atomic mass is 79.9. The van der Waals surface area contributed by atoms with Crippen LogP contribution >= 0.6 is 23.7 Å². The van der Waals surface area contributed by atoms with E-state index in [0.717, 1.165) is 0 Å². The molecule has 4 aromatic rings. The van der Waals surface area contributed by atoms with Crippen molar-refractivity contribution in [3.8, 4) is 17.2 Å². The standard InChI is InChI=1S/C35H38BrN2O8P/c1-22-10-8-11-23(2)30(22)45-47(41,46-31-24(3)12-9-13-25(31)4)38-35(34(40)44-7,26-14-16-27(36)17-15-26)32(33(39)43-6)37-28-18-20-29(42-5)21-19-28/h8-21,32,37H,1-7H3,(H,38,41)/t32-,35+/m0/s1. The van der Waals surface area contributed by atoms with E-state index in [2.05, 4.69) is 26.3 Å². The minimum atomic E-state index is -4.69. The van der Waals surface area contributed by atoms with Crippen molar-refractivity contribution in [1.82, 2.24) is 5.09 Å². The van der Waals surface area contributed by atoms with E-state index in [9.17, 15) is 9.59 Å². The Morgan fingerprint density at radius 2 is 1.21 bits per heavy atom. The van der Waals surface area contributed by atoms with Crippen molar-refractivity contribution in [2.75, 3.05) is 26.6 Å². The number of hydrogen-bond donors (Lipinski definition) is 2. The summed E-state index contributed by atoms with van der Waals surface area (Å²) in [4.78, 5) is 28.2. The predicted octanol–water partition coefficient (Wildman–Crippen LogP) is 7.57. The topological polar surface area (TPSA) is 121 Å². The summed E-state index contributed by atoms with van der Waals surface area (Å²) >= 11 is 3.44. The Hall–Kier alpha value is -4.31. The maximum atomic E-state index is 15.4. The Balaban J connectivity index is 2.02. The Morgan fingerprint density at radius 1 is 0.723 bits per heavy atom. The molecule has 0 bridgehead atoms. The van der Waals surface area contributed by atoms with Crippen LogP contribution < -0.4 is 24.2 Å². The molecule has 2 N–H and O–H groups in total. The van der Waals surface area contributed by atoms with Crippen molar-refractivity contribution in [3.05, 3.63) is 117 Å². The molecule has 0 heterocycles. The molecule has 2 atom stereocenters. The second-order valence-electron chi connectivity index (χ2n) is 10.9. The van der Waals surface area contributed by atoms with Crippen LogP contribution in [0, 0.1) is 27.7 Å². The number of anilines is 1. The van der Waals surface area contributed by atoms with Gasteiger partial charge in [-0.15, -0.1) is 0 Å². The molecule has 47 heavy (non-hydrogen) atoms. The number of hydrogen-bond acceptors (Lipinski definition) is 9. The maximum absolute atomic E-state index is 15.4. The number of para-hydroxylation sites is 2. The third kappa shape index (κ3) is 7.81. The van der Waals surface area contributed by atoms with Gasteiger partial charge in [0.2, 0.25) is 0 Å². The zero-order chi connectivity index (χ0) is 34.4. The molecule has 0 fully saturated rings. The Bertz CT molecular complexity index is 1680. The molecule has 0 aliphatic carbocycles. The van der Waals surface area contributed by atoms with Crippen LogP contribution in [0.1, 0.15) is 27.8 Å². The summed E-state index contributed by atoms with van der Waals surface area (Å²) in [7, 11) is -0.799. The van der Waals surface area contributed by atoms with E-state index >= 15 is 4.57 Å². The van der Waals surface area contributed by atoms with Gasteiger partial charge in [-0.1, -0.05) is 64.5 Å². The Morgan fingerprint density at radius 3 is 1.64 bits per heavy atom. The average Bonchev–Trinajstić information content (AvgIpc) is 3.06. The highest BCUT2D eigenvalue weighted by molar-refractivity contribution is 9.10. The van der Waals surface area contributed by atoms with E-state index < -0.39 is 31.3 Å². The van der Waals surface area contributed by atoms with Gasteiger partial charge in [-0.05, 0) is 91.9 Å². The van der Waals surface area contributed by atoms with Crippen LogP contribution in [0.3, 0.4) is 0 Å². The molecule has 0 spiro atoms. The Labute approximate surface area is 283 Å². The summed E-state index contributed by atoms with van der Waals surface area (Å²) in [5.41, 5.74) is 1.06. The number of carbonyl (C=O) groups is 2. The van der Waals surface area contributed by atoms with Crippen LogP contribution in [-0.4, -0.2) is 39.3 Å². The summed E-state index contributed by atoms with van der Waals surface area (Å²) in [5.74, 6) is -0.702. The van der Waals surface area contributed by atoms with Crippen molar-refractivity contribution in [2.24, 2.45) is 0 Å². The molecule has 0 aliphatic heterocycles. The predicted molar refractivity (Wildman–Crippen MR) is 184 cm³/mol. The zero-order valence-corrected chi connectivity index (χ0v) is 29.7. The highest BCUT2D eigenvalue weighted by Gasteiger charge is 2.58. The first kappa shape index (κ1) is 35.5. The fourth-order valence-corrected chi connectivity index (χ4v) is 7.40. The lowest BCUT2D eigenvalue weighted by Crippen LogP contribution is -2.63. The minimum Gasteiger partial charge on any atom is -0.497 e. The van der Waals surface area contributed by atoms with E-state index in [1.165, 1.54) is 21.3 Å². The summed E-state index contributed by atoms with van der Waals surface area (Å²) in [6.07, 6.45) is 0. The van der Waals surface area contributed by atoms with Crippen molar-refractivity contribution < 1.29 is 37.4 Å². The molecule has 4 aromatic carbocycles. The molecule has 0 amide bonds. The van der Waals surface area contributed by atoms with Gasteiger partial charge in [0.05, 0.1) is 21.3 Å². The van der Waals surface area contributed by atoms with Crippen molar-refractivity contribution in [3.63, 3.8) is 0 Å². The largest absolute Gasteiger partial charge is 0.514 e. The second kappa shape index (κ2) is 15.1. The number of nitrogens with one attached hydrogen (secondary N) is 2. The van der Waals surface area contributed by atoms with Gasteiger partial charge >= 0.3 is 19.7 Å². The Kier molecular flexibility index (Phi) is 11.4. The van der Waals surface area contributed by atoms with E-state index in [-0.39, 0.29) is 17.1 Å². The lowest BCUT2D eigenvalue weighted by molar-refractivity contribution is -0.156. The molecule has 0 aromatic heterocycles. The van der Waals surface area contributed by atoms with Gasteiger partial charge in [0.15, 0.2) is 11.6 Å². The first-order valence-electron chi connectivity index (χ1n) is 14.6. The van der Waals surface area contributed by atoms with Gasteiger partial charge in [-0.25, -0.2) is 14.2 Å². The first-order valence-corrected chi connectivity index (χ1v) is 16.9. The molecular formula is C35H38BrN2O8P. The number of esters is 2. The fraction of sp³-hybridized carbons (Fsp3) is 0.257. The van der Waals surface area contributed by atoms with Gasteiger partial charge in [-0.3, -0.25) is 0 Å². The molecule has 0 saturated heterocycles. The van der Waals surface area contributed by atoms with E-state index in [1.54, 1.807) is 100 Å². The number of halogens is 1. The quantitative estimate of drug-likeness (QED) is 0.106. The smallest absolute Gasteiger partial charge is 0.497 e. The molecule has 0 radical (unpaired) electrons. The van der Waals surface area contributed by atoms with Crippen LogP contribution in [0.5, 0.6) is 17.2 Å². The van der Waals surface area contributed by atoms with Crippen molar-refractivity contribution in [2.45, 2.75) is 39.3 Å². The number of benzene rings is 4. The fourth-order valence-electron chi connectivity index (χ4n) is 5.17. The van der Waals surface area contributed by atoms with E-state index in [1.807, 2.05) is 12.1 Å². The van der Waals surface area contributed by atoms with Crippen LogP contribution in [0.2, 0.25) is 0 Å². The zero-order valence-electron chi connectivity index (χ0n) is 27.3. The number of ether oxygens (including phenoxy) is 3. The summed E-state index contributed by atoms with van der Waals surface area (Å²) in [6, 6.07) is 22.6. The molecular weight excluding hydrogens is 687 g/mol. The summed E-state index contributed by atoms with van der Waals surface area (Å²) in [6.45, 7) is 7.21. The molecule has 10 nitrogen and oxygen atoms in total. The van der Waals surface area contributed by atoms with Crippen LogP contribution in [0.25, 0.3) is 0 Å². The van der Waals surface area contributed by atoms with Gasteiger partial charge < -0.3 is 28.6 Å². The van der Waals surface area contributed by atoms with Crippen molar-refractivity contribution >= 4 is 41.3 Å². The summed E-state index contributed by atoms with van der Waals surface area (Å²) in [5, 5.41) is 6.04. The van der Waals surface area contributed by atoms with Gasteiger partial charge in [-0.2, -0.15) is 5.09 Å². The van der Waals surface area contributed by atoms with Crippen molar-refractivity contribution in [1.29, 1.82) is 0 Å². The molecule has 0 aliphatic rings. The molecule has 12 heteroatoms. The number of rotatable bonds is 13. The number of aryl methyl sites for hydroxylation is 4. The van der Waals surface area contributed by atoms with Gasteiger partial charge in [0.1, 0.15) is 17.2 Å². The third-order valence-electron chi connectivity index (χ3n) is 7.63. The molecule has 0 unspecified atom stereocenters. The minimum absolute atomic E-state index is 0.208. The van der Waals surface area contributed by atoms with E-state index in [0.29, 0.717) is 38.2 Å². The first-order chi connectivity index (χ1) is 22.4. The lowest BCUT2D eigenvalue weighted by atomic mass is 9.83. The third-order valence-corrected chi connectivity index (χ3v) is 9.63. The van der Waals surface area contributed by atoms with Gasteiger partial charge in [0.25, 0.3) is 0 Å². The van der Waals surface area contributed by atoms with Gasteiger partial charge in [0, 0.05) is 10.2 Å². The number of carbonyl (C=O) groups excluding carboxylic acids is 2. The van der Waals surface area contributed by atoms with Crippen LogP contribution in [0.4, 0.5) is 5.69 Å². The average molecular weight is 726 g/mol. The highest BCUT2D eigenvalue weighted by Crippen LogP contribution is 2.52. The molecule has 248 valence electrons. The normalized spacial score (nSPS) is 13.1. The number of methoxy groups -OCH3 is 3. The SMILES string of the molecule is COC(=O)[C@H](Nc1ccc(OC)cc1)[C@@](NP(=O)(Oc1c(C)cccc1C)Oc1c(C)cccc1C)(C(=O)OC)c1ccc(Br)cc1. The summed E-state index contributed by atoms with van der Waals surface area (Å²) < 4.78 is 44.7. The lowest BCUT2D eigenvalue weighted by Gasteiger charge is -2.40. The van der Waals surface area contributed by atoms with Crippen LogP contribution in [0.15, 0.2) is 89.4 Å². The molecule has 4 rings (SSSR count). The van der Waals surface area contributed by atoms with Crippen LogP contribution in [-0.2, 0) is 29.2 Å².